The van der Waals surface area contributed by atoms with Crippen molar-refractivity contribution in [2.45, 2.75) is 26.7 Å². The van der Waals surface area contributed by atoms with E-state index < -0.39 is 0 Å². The van der Waals surface area contributed by atoms with Crippen molar-refractivity contribution in [3.63, 3.8) is 0 Å². The molecule has 168 valence electrons. The molecule has 0 atom stereocenters. The molecule has 1 saturated heterocycles. The third-order valence-corrected chi connectivity index (χ3v) is 7.09. The summed E-state index contributed by atoms with van der Waals surface area (Å²) in [5.41, 5.74) is 1.71. The van der Waals surface area contributed by atoms with E-state index in [1.165, 1.54) is 39.6 Å². The lowest BCUT2D eigenvalue weighted by molar-refractivity contribution is -0.137. The van der Waals surface area contributed by atoms with Crippen molar-refractivity contribution in [3.05, 3.63) is 46.9 Å². The molecule has 0 saturated carbocycles. The average molecular weight is 456 g/mol. The molecule has 0 bridgehead atoms. The van der Waals surface area contributed by atoms with Crippen molar-refractivity contribution in [2.75, 3.05) is 36.9 Å². The molecule has 2 aromatic heterocycles. The number of fused-ring (bicyclic) bond motifs is 1. The predicted octanol–water partition coefficient (Wildman–Crippen LogP) is 3.76. The number of nitrogens with one attached hydrogen (secondary N) is 1. The quantitative estimate of drug-likeness (QED) is 0.634. The summed E-state index contributed by atoms with van der Waals surface area (Å²) in [4.78, 5) is 40.1. The first-order valence-corrected chi connectivity index (χ1v) is 11.4. The fourth-order valence-electron chi connectivity index (χ4n) is 4.08. The highest BCUT2D eigenvalue weighted by molar-refractivity contribution is 7.18. The number of nitrogens with zero attached hydrogens (tertiary/aromatic N) is 4. The third kappa shape index (κ3) is 4.57. The molecule has 0 aliphatic carbocycles. The molecule has 1 aliphatic heterocycles. The van der Waals surface area contributed by atoms with Crippen LogP contribution in [-0.4, -0.2) is 53.4 Å². The molecule has 1 fully saturated rings. The lowest BCUT2D eigenvalue weighted by Crippen LogP contribution is -2.43. The van der Waals surface area contributed by atoms with Crippen molar-refractivity contribution in [1.82, 2.24) is 14.9 Å². The molecular formula is C23H26FN5O2S. The first-order chi connectivity index (χ1) is 15.3. The van der Waals surface area contributed by atoms with Crippen molar-refractivity contribution < 1.29 is 14.0 Å². The van der Waals surface area contributed by atoms with E-state index in [2.05, 4.69) is 34.0 Å². The van der Waals surface area contributed by atoms with Gasteiger partial charge in [0.15, 0.2) is 0 Å². The molecule has 0 radical (unpaired) electrons. The molecule has 1 N–H and O–H groups in total. The number of hydrogen-bond donors (Lipinski definition) is 1. The minimum atomic E-state index is -0.367. The second kappa shape index (κ2) is 9.20. The maximum atomic E-state index is 13.0. The van der Waals surface area contributed by atoms with Gasteiger partial charge in [-0.15, -0.1) is 11.3 Å². The maximum absolute atomic E-state index is 13.0. The largest absolute Gasteiger partial charge is 0.356 e. The van der Waals surface area contributed by atoms with Gasteiger partial charge in [-0.3, -0.25) is 9.59 Å². The van der Waals surface area contributed by atoms with Gasteiger partial charge >= 0.3 is 0 Å². The number of aromatic nitrogens is 2. The summed E-state index contributed by atoms with van der Waals surface area (Å²) in [5, 5.41) is 3.80. The van der Waals surface area contributed by atoms with Gasteiger partial charge in [-0.1, -0.05) is 0 Å². The Labute approximate surface area is 190 Å². The van der Waals surface area contributed by atoms with Crippen LogP contribution in [0.2, 0.25) is 0 Å². The Kier molecular flexibility index (Phi) is 6.36. The Balaban J connectivity index is 1.34. The number of rotatable bonds is 5. The Morgan fingerprint density at radius 2 is 1.88 bits per heavy atom. The number of amides is 2. The number of anilines is 2. The molecule has 2 amide bonds. The van der Waals surface area contributed by atoms with Gasteiger partial charge in [0.05, 0.1) is 11.9 Å². The van der Waals surface area contributed by atoms with Crippen LogP contribution < -0.4 is 10.2 Å². The van der Waals surface area contributed by atoms with Gasteiger partial charge in [0, 0.05) is 36.6 Å². The van der Waals surface area contributed by atoms with Crippen molar-refractivity contribution in [3.8, 4) is 0 Å². The molecule has 0 unspecified atom stereocenters. The van der Waals surface area contributed by atoms with Crippen LogP contribution in [0.3, 0.4) is 0 Å². The van der Waals surface area contributed by atoms with Gasteiger partial charge in [0.1, 0.15) is 22.8 Å². The smallest absolute Gasteiger partial charge is 0.243 e. The number of likely N-dealkylation sites (N-methyl/N-ethyl adjacent to an activating group) is 1. The second-order valence-corrected chi connectivity index (χ2v) is 9.37. The zero-order valence-corrected chi connectivity index (χ0v) is 19.2. The van der Waals surface area contributed by atoms with Gasteiger partial charge in [0.25, 0.3) is 0 Å². The number of halogens is 1. The molecule has 32 heavy (non-hydrogen) atoms. The topological polar surface area (TPSA) is 78.4 Å². The van der Waals surface area contributed by atoms with Gasteiger partial charge in [-0.05, 0) is 56.5 Å². The Morgan fingerprint density at radius 1 is 1.19 bits per heavy atom. The zero-order chi connectivity index (χ0) is 22.8. The van der Waals surface area contributed by atoms with Crippen LogP contribution in [0.5, 0.6) is 0 Å². The van der Waals surface area contributed by atoms with Crippen molar-refractivity contribution in [2.24, 2.45) is 5.92 Å². The van der Waals surface area contributed by atoms with Crippen molar-refractivity contribution >= 4 is 44.9 Å². The molecule has 1 aliphatic rings. The SMILES string of the molecule is Cc1sc2ncnc(N3CCC(C(=O)N(C)CC(=O)Nc4ccc(F)cc4)CC3)c2c1C. The first-order valence-electron chi connectivity index (χ1n) is 10.6. The van der Waals surface area contributed by atoms with Crippen LogP contribution in [0.25, 0.3) is 10.2 Å². The van der Waals surface area contributed by atoms with Gasteiger partial charge < -0.3 is 15.1 Å². The third-order valence-electron chi connectivity index (χ3n) is 5.97. The molecule has 3 aromatic rings. The number of carbonyl (C=O) groups is 2. The fourth-order valence-corrected chi connectivity index (χ4v) is 5.07. The molecule has 0 spiro atoms. The molecular weight excluding hydrogens is 429 g/mol. The summed E-state index contributed by atoms with van der Waals surface area (Å²) < 4.78 is 13.0. The summed E-state index contributed by atoms with van der Waals surface area (Å²) in [7, 11) is 1.64. The Bertz CT molecular complexity index is 1140. The van der Waals surface area contributed by atoms with Gasteiger partial charge in [-0.25, -0.2) is 14.4 Å². The van der Waals surface area contributed by atoms with Crippen LogP contribution in [0, 0.1) is 25.6 Å². The molecule has 7 nitrogen and oxygen atoms in total. The number of thiophene rings is 1. The normalized spacial score (nSPS) is 14.6. The first kappa shape index (κ1) is 22.1. The second-order valence-electron chi connectivity index (χ2n) is 8.17. The van der Waals surface area contributed by atoms with E-state index >= 15 is 0 Å². The number of piperidine rings is 1. The average Bonchev–Trinajstić information content (AvgIpc) is 3.08. The summed E-state index contributed by atoms with van der Waals surface area (Å²) in [6, 6.07) is 5.54. The number of benzene rings is 1. The van der Waals surface area contributed by atoms with Crippen LogP contribution in [0.15, 0.2) is 30.6 Å². The molecule has 3 heterocycles. The lowest BCUT2D eigenvalue weighted by Gasteiger charge is -2.34. The van der Waals surface area contributed by atoms with E-state index in [9.17, 15) is 14.0 Å². The van der Waals surface area contributed by atoms with E-state index in [-0.39, 0.29) is 30.1 Å². The highest BCUT2D eigenvalue weighted by Crippen LogP contribution is 2.35. The monoisotopic (exact) mass is 455 g/mol. The summed E-state index contributed by atoms with van der Waals surface area (Å²) in [5.74, 6) is 0.104. The fraction of sp³-hybridized carbons (Fsp3) is 0.391. The number of hydrogen-bond acceptors (Lipinski definition) is 6. The van der Waals surface area contributed by atoms with Gasteiger partial charge in [0.2, 0.25) is 11.8 Å². The van der Waals surface area contributed by atoms with Gasteiger partial charge in [-0.2, -0.15) is 0 Å². The summed E-state index contributed by atoms with van der Waals surface area (Å²) >= 11 is 1.68. The van der Waals surface area contributed by atoms with E-state index in [1.807, 2.05) is 0 Å². The Hall–Kier alpha value is -3.07. The van der Waals surface area contributed by atoms with E-state index in [4.69, 9.17) is 0 Å². The maximum Gasteiger partial charge on any atom is 0.243 e. The van der Waals surface area contributed by atoms with Crippen LogP contribution in [0.1, 0.15) is 23.3 Å². The highest BCUT2D eigenvalue weighted by atomic mass is 32.1. The number of carbonyl (C=O) groups excluding carboxylic acids is 2. The highest BCUT2D eigenvalue weighted by Gasteiger charge is 2.29. The van der Waals surface area contributed by atoms with Crippen LogP contribution in [-0.2, 0) is 9.59 Å². The minimum absolute atomic E-state index is 0.0331. The predicted molar refractivity (Wildman–Crippen MR) is 124 cm³/mol. The molecule has 1 aromatic carbocycles. The molecule has 9 heteroatoms. The Morgan fingerprint density at radius 3 is 2.56 bits per heavy atom. The minimum Gasteiger partial charge on any atom is -0.356 e. The molecule has 4 rings (SSSR count). The standard InChI is InChI=1S/C23H26FN5O2S/c1-14-15(2)32-22-20(14)21(25-13-26-22)29-10-8-16(9-11-29)23(31)28(3)12-19(30)27-18-6-4-17(24)5-7-18/h4-7,13,16H,8-12H2,1-3H3,(H,27,30). The van der Waals surface area contributed by atoms with E-state index in [0.29, 0.717) is 18.5 Å². The van der Waals surface area contributed by atoms with Crippen LogP contribution >= 0.6 is 11.3 Å². The number of aryl methyl sites for hydroxylation is 2. The zero-order valence-electron chi connectivity index (χ0n) is 18.4. The van der Waals surface area contributed by atoms with Crippen molar-refractivity contribution in [1.29, 1.82) is 0 Å². The van der Waals surface area contributed by atoms with Crippen LogP contribution in [0.4, 0.5) is 15.9 Å². The summed E-state index contributed by atoms with van der Waals surface area (Å²) in [6.45, 7) is 5.61. The summed E-state index contributed by atoms with van der Waals surface area (Å²) in [6.07, 6.45) is 3.02. The van der Waals surface area contributed by atoms with E-state index in [1.54, 1.807) is 24.7 Å². The lowest BCUT2D eigenvalue weighted by atomic mass is 9.95. The van der Waals surface area contributed by atoms with E-state index in [0.717, 1.165) is 29.1 Å².